The van der Waals surface area contributed by atoms with E-state index in [-0.39, 0.29) is 28.8 Å². The number of carboxylic acid groups (broad SMARTS) is 1. The van der Waals surface area contributed by atoms with Gasteiger partial charge < -0.3 is 29.2 Å². The molecular formula is C17H18O8. The molecule has 0 amide bonds. The number of carbonyl (C=O) groups is 1. The molecule has 3 N–H and O–H groups in total. The van der Waals surface area contributed by atoms with E-state index in [4.69, 9.17) is 13.9 Å². The Morgan fingerprint density at radius 3 is 2.16 bits per heavy atom. The van der Waals surface area contributed by atoms with Gasteiger partial charge in [0.1, 0.15) is 5.76 Å². The fraction of sp³-hybridized carbons (Fsp3) is 0.294. The predicted octanol–water partition coefficient (Wildman–Crippen LogP) is 1.98. The number of aryl methyl sites for hydroxylation is 1. The second kappa shape index (κ2) is 7.16. The number of aliphatic carboxylic acids is 1. The minimum absolute atomic E-state index is 0.0548. The Kier molecular flexibility index (Phi) is 5.21. The molecule has 2 rings (SSSR count). The molecule has 25 heavy (non-hydrogen) atoms. The Bertz CT molecular complexity index is 827. The summed E-state index contributed by atoms with van der Waals surface area (Å²) in [5, 5.41) is 29.3. The fourth-order valence-corrected chi connectivity index (χ4v) is 2.51. The highest BCUT2D eigenvalue weighted by atomic mass is 16.5. The number of carboxylic acids is 1. The highest BCUT2D eigenvalue weighted by Crippen LogP contribution is 2.42. The van der Waals surface area contributed by atoms with Crippen molar-refractivity contribution in [2.45, 2.75) is 19.3 Å². The Morgan fingerprint density at radius 2 is 1.68 bits per heavy atom. The van der Waals surface area contributed by atoms with Crippen LogP contribution in [0.2, 0.25) is 0 Å². The van der Waals surface area contributed by atoms with Crippen molar-refractivity contribution in [1.82, 2.24) is 0 Å². The molecule has 0 aliphatic heterocycles. The highest BCUT2D eigenvalue weighted by Gasteiger charge is 2.27. The summed E-state index contributed by atoms with van der Waals surface area (Å²) in [6.07, 6.45) is -0.461. The van der Waals surface area contributed by atoms with E-state index in [1.807, 2.05) is 0 Å². The third kappa shape index (κ3) is 3.68. The number of phenols is 1. The monoisotopic (exact) mass is 350 g/mol. The molecule has 1 unspecified atom stereocenters. The average molecular weight is 350 g/mol. The molecule has 8 heteroatoms. The summed E-state index contributed by atoms with van der Waals surface area (Å²) < 4.78 is 15.6. The SMILES string of the molecule is COc1cc(C(CC(=O)O)c2oc(C)cc(=O)c2O)cc(OC)c1O. The van der Waals surface area contributed by atoms with Gasteiger partial charge in [-0.25, -0.2) is 0 Å². The van der Waals surface area contributed by atoms with Crippen LogP contribution in [0, 0.1) is 6.92 Å². The van der Waals surface area contributed by atoms with E-state index in [1.54, 1.807) is 0 Å². The quantitative estimate of drug-likeness (QED) is 0.722. The van der Waals surface area contributed by atoms with Crippen LogP contribution >= 0.6 is 0 Å². The summed E-state index contributed by atoms with van der Waals surface area (Å²) in [4.78, 5) is 23.1. The lowest BCUT2D eigenvalue weighted by molar-refractivity contribution is -0.137. The lowest BCUT2D eigenvalue weighted by atomic mass is 9.91. The number of benzene rings is 1. The smallest absolute Gasteiger partial charge is 0.304 e. The van der Waals surface area contributed by atoms with Gasteiger partial charge in [-0.3, -0.25) is 9.59 Å². The van der Waals surface area contributed by atoms with Crippen molar-refractivity contribution in [2.24, 2.45) is 0 Å². The number of methoxy groups -OCH3 is 2. The van der Waals surface area contributed by atoms with Gasteiger partial charge in [-0.05, 0) is 24.6 Å². The van der Waals surface area contributed by atoms with E-state index >= 15 is 0 Å². The van der Waals surface area contributed by atoms with E-state index in [9.17, 15) is 24.9 Å². The molecular weight excluding hydrogens is 332 g/mol. The molecule has 1 aromatic heterocycles. The molecule has 2 aromatic rings. The highest BCUT2D eigenvalue weighted by molar-refractivity contribution is 5.69. The zero-order valence-electron chi connectivity index (χ0n) is 13.9. The fourth-order valence-electron chi connectivity index (χ4n) is 2.51. The maximum Gasteiger partial charge on any atom is 0.304 e. The number of hydrogen-bond donors (Lipinski definition) is 3. The lowest BCUT2D eigenvalue weighted by Crippen LogP contribution is -2.12. The minimum atomic E-state index is -1.17. The van der Waals surface area contributed by atoms with Crippen molar-refractivity contribution >= 4 is 5.97 Å². The molecule has 0 saturated heterocycles. The van der Waals surface area contributed by atoms with Gasteiger partial charge in [0.25, 0.3) is 0 Å². The van der Waals surface area contributed by atoms with Gasteiger partial charge >= 0.3 is 5.97 Å². The number of ether oxygens (including phenoxy) is 2. The molecule has 1 aromatic carbocycles. The lowest BCUT2D eigenvalue weighted by Gasteiger charge is -2.18. The first kappa shape index (κ1) is 18.2. The zero-order chi connectivity index (χ0) is 18.7. The molecule has 0 fully saturated rings. The van der Waals surface area contributed by atoms with Crippen molar-refractivity contribution in [3.63, 3.8) is 0 Å². The molecule has 8 nitrogen and oxygen atoms in total. The zero-order valence-corrected chi connectivity index (χ0v) is 13.9. The summed E-state index contributed by atoms with van der Waals surface area (Å²) in [6.45, 7) is 1.51. The van der Waals surface area contributed by atoms with Crippen molar-refractivity contribution in [3.05, 3.63) is 45.5 Å². The Morgan fingerprint density at radius 1 is 1.12 bits per heavy atom. The minimum Gasteiger partial charge on any atom is -0.502 e. The molecule has 1 atom stereocenters. The number of hydrogen-bond acceptors (Lipinski definition) is 7. The topological polar surface area (TPSA) is 126 Å². The van der Waals surface area contributed by atoms with Crippen LogP contribution in [-0.4, -0.2) is 35.5 Å². The summed E-state index contributed by atoms with van der Waals surface area (Å²) in [7, 11) is 2.66. The van der Waals surface area contributed by atoms with Gasteiger partial charge in [-0.15, -0.1) is 0 Å². The predicted molar refractivity (Wildman–Crippen MR) is 86.7 cm³/mol. The number of rotatable bonds is 6. The second-order valence-corrected chi connectivity index (χ2v) is 5.36. The Labute approximate surface area is 142 Å². The first-order chi connectivity index (χ1) is 11.8. The maximum absolute atomic E-state index is 11.8. The molecule has 0 saturated carbocycles. The van der Waals surface area contributed by atoms with E-state index in [2.05, 4.69) is 0 Å². The summed E-state index contributed by atoms with van der Waals surface area (Å²) in [6, 6.07) is 3.90. The van der Waals surface area contributed by atoms with Crippen LogP contribution in [0.3, 0.4) is 0 Å². The molecule has 0 bridgehead atoms. The van der Waals surface area contributed by atoms with Crippen LogP contribution in [0.4, 0.5) is 0 Å². The summed E-state index contributed by atoms with van der Waals surface area (Å²) >= 11 is 0. The largest absolute Gasteiger partial charge is 0.502 e. The van der Waals surface area contributed by atoms with E-state index in [0.717, 1.165) is 6.07 Å². The van der Waals surface area contributed by atoms with Gasteiger partial charge in [-0.1, -0.05) is 0 Å². The number of phenolic OH excluding ortho intramolecular Hbond substituents is 1. The summed E-state index contributed by atoms with van der Waals surface area (Å²) in [5.74, 6) is -2.92. The van der Waals surface area contributed by atoms with Crippen LogP contribution in [0.25, 0.3) is 0 Å². The molecule has 0 aliphatic rings. The van der Waals surface area contributed by atoms with Crippen molar-refractivity contribution in [1.29, 1.82) is 0 Å². The third-order valence-corrected chi connectivity index (χ3v) is 3.67. The molecule has 1 heterocycles. The van der Waals surface area contributed by atoms with Crippen molar-refractivity contribution < 1.29 is 34.0 Å². The first-order valence-corrected chi connectivity index (χ1v) is 7.28. The van der Waals surface area contributed by atoms with E-state index in [0.29, 0.717) is 5.56 Å². The van der Waals surface area contributed by atoms with Crippen LogP contribution in [0.1, 0.15) is 29.4 Å². The molecule has 0 radical (unpaired) electrons. The van der Waals surface area contributed by atoms with Gasteiger partial charge in [0.15, 0.2) is 17.3 Å². The number of aromatic hydroxyl groups is 2. The van der Waals surface area contributed by atoms with Crippen LogP contribution in [0.15, 0.2) is 27.4 Å². The standard InChI is InChI=1S/C17H18O8/c1-8-4-11(18)15(21)17(25-8)10(7-14(19)20)9-5-12(23-2)16(22)13(6-9)24-3/h4-6,10,21-22H,7H2,1-3H3,(H,19,20). The maximum atomic E-state index is 11.8. The van der Waals surface area contributed by atoms with Gasteiger partial charge in [0.2, 0.25) is 16.9 Å². The third-order valence-electron chi connectivity index (χ3n) is 3.67. The van der Waals surface area contributed by atoms with Crippen LogP contribution < -0.4 is 14.9 Å². The van der Waals surface area contributed by atoms with Crippen molar-refractivity contribution in [3.8, 4) is 23.0 Å². The Balaban J connectivity index is 2.71. The van der Waals surface area contributed by atoms with Gasteiger partial charge in [0, 0.05) is 6.07 Å². The van der Waals surface area contributed by atoms with E-state index < -0.39 is 29.5 Å². The van der Waals surface area contributed by atoms with Crippen molar-refractivity contribution in [2.75, 3.05) is 14.2 Å². The second-order valence-electron chi connectivity index (χ2n) is 5.36. The van der Waals surface area contributed by atoms with Crippen LogP contribution in [0.5, 0.6) is 23.0 Å². The normalized spacial score (nSPS) is 11.8. The molecule has 0 aliphatic carbocycles. The first-order valence-electron chi connectivity index (χ1n) is 7.28. The van der Waals surface area contributed by atoms with Gasteiger partial charge in [0.05, 0.1) is 26.6 Å². The summed E-state index contributed by atoms with van der Waals surface area (Å²) in [5.41, 5.74) is -0.343. The van der Waals surface area contributed by atoms with E-state index in [1.165, 1.54) is 33.3 Å². The van der Waals surface area contributed by atoms with Gasteiger partial charge in [-0.2, -0.15) is 0 Å². The molecule has 134 valence electrons. The Hall–Kier alpha value is -3.16. The molecule has 0 spiro atoms. The van der Waals surface area contributed by atoms with Crippen LogP contribution in [-0.2, 0) is 4.79 Å². The average Bonchev–Trinajstić information content (AvgIpc) is 2.56.